The fourth-order valence-electron chi connectivity index (χ4n) is 8.03. The lowest BCUT2D eigenvalue weighted by Crippen LogP contribution is -3.00. The van der Waals surface area contributed by atoms with Crippen LogP contribution in [-0.4, -0.2) is 110 Å². The summed E-state index contributed by atoms with van der Waals surface area (Å²) in [6.07, 6.45) is 0.559. The number of likely N-dealkylation sites (N-methyl/N-ethyl adjacent to an activating group) is 1. The third-order valence-electron chi connectivity index (χ3n) is 11.2. The highest BCUT2D eigenvalue weighted by atomic mass is 35.5. The number of halogens is 1. The Morgan fingerprint density at radius 1 is 0.797 bits per heavy atom. The van der Waals surface area contributed by atoms with Crippen LogP contribution in [-0.2, 0) is 39.7 Å². The summed E-state index contributed by atoms with van der Waals surface area (Å²) < 4.78 is 84.7. The molecule has 0 bridgehead atoms. The quantitative estimate of drug-likeness (QED) is 0.119. The minimum Gasteiger partial charge on any atom is -1.00 e. The number of likely N-dealkylation sites (tertiary alicyclic amines) is 1. The molecule has 2 aromatic heterocycles. The average molecular weight is 930 g/mol. The lowest BCUT2D eigenvalue weighted by Gasteiger charge is -2.27. The van der Waals surface area contributed by atoms with Crippen molar-refractivity contribution in [2.24, 2.45) is 0 Å². The molecule has 1 atom stereocenters. The Bertz CT molecular complexity index is 2930. The number of methoxy groups -OCH3 is 3. The van der Waals surface area contributed by atoms with E-state index in [-0.39, 0.29) is 49.4 Å². The molecule has 0 aliphatic carbocycles. The van der Waals surface area contributed by atoms with E-state index in [9.17, 15) is 0 Å². The van der Waals surface area contributed by atoms with E-state index in [1.165, 1.54) is 15.1 Å². The van der Waals surface area contributed by atoms with E-state index in [4.69, 9.17) is 19.9 Å². The molecule has 0 saturated carbocycles. The summed E-state index contributed by atoms with van der Waals surface area (Å²) >= 11 is 0. The number of fused-ring (bicyclic) bond motifs is 1. The molecule has 1 saturated heterocycles. The Labute approximate surface area is 378 Å². The van der Waals surface area contributed by atoms with Crippen molar-refractivity contribution in [2.45, 2.75) is 41.9 Å². The van der Waals surface area contributed by atoms with Crippen molar-refractivity contribution >= 4 is 37.0 Å². The van der Waals surface area contributed by atoms with Gasteiger partial charge in [-0.15, -0.1) is 5.10 Å². The summed E-state index contributed by atoms with van der Waals surface area (Å²) in [6.45, 7) is 1.04. The number of hydrogen-bond donors (Lipinski definition) is 3. The van der Waals surface area contributed by atoms with Gasteiger partial charge in [-0.05, 0) is 81.2 Å². The van der Waals surface area contributed by atoms with Crippen molar-refractivity contribution < 1.29 is 47.9 Å². The minimum absolute atomic E-state index is 0. The second kappa shape index (κ2) is 18.6. The van der Waals surface area contributed by atoms with Crippen molar-refractivity contribution in [3.8, 4) is 39.8 Å². The summed E-state index contributed by atoms with van der Waals surface area (Å²) in [6, 6.07) is 29.1. The number of para-hydroxylation sites is 1. The van der Waals surface area contributed by atoms with Crippen LogP contribution < -0.4 is 37.1 Å². The van der Waals surface area contributed by atoms with Gasteiger partial charge in [-0.3, -0.25) is 0 Å². The number of ether oxygens (including phenoxy) is 3. The highest BCUT2D eigenvalue weighted by molar-refractivity contribution is 7.92. The second-order valence-corrected chi connectivity index (χ2v) is 19.6. The van der Waals surface area contributed by atoms with Gasteiger partial charge in [0.1, 0.15) is 27.0 Å². The molecule has 336 valence electrons. The number of sulfonamides is 2. The highest BCUT2D eigenvalue weighted by Gasteiger charge is 2.41. The van der Waals surface area contributed by atoms with Gasteiger partial charge in [-0.25, -0.2) is 31.2 Å². The number of quaternary nitrogens is 1. The van der Waals surface area contributed by atoms with Gasteiger partial charge < -0.3 is 41.8 Å². The number of imidazole rings is 1. The van der Waals surface area contributed by atoms with E-state index < -0.39 is 35.9 Å². The SMILES string of the molecule is COc1ccc(CN(Cc2ccc(OC)cc2)S(=O)(=O)c2c(S(=O)(=O)N[C@@H]3CC[N+](C)(C)C3)ccc(-c3cccc4[nH]c(N)nc34)c2-c2nnnn2Cc2ccc(OC)cc2)cc1.[Cl-]. The molecule has 0 unspecified atom stereocenters. The molecule has 1 aliphatic heterocycles. The van der Waals surface area contributed by atoms with Crippen LogP contribution in [0.2, 0.25) is 0 Å². The maximum atomic E-state index is 16.2. The molecule has 1 aliphatic rings. The lowest BCUT2D eigenvalue weighted by molar-refractivity contribution is -0.878. The molecular formula is C44H49ClN10O7S2. The third-order valence-corrected chi connectivity index (χ3v) is 14.8. The first-order chi connectivity index (χ1) is 30.2. The zero-order valence-corrected chi connectivity index (χ0v) is 38.3. The van der Waals surface area contributed by atoms with E-state index in [2.05, 4.69) is 30.2 Å². The maximum absolute atomic E-state index is 16.2. The van der Waals surface area contributed by atoms with E-state index in [0.717, 1.165) is 12.1 Å². The fraction of sp³-hybridized carbons (Fsp3) is 0.273. The summed E-state index contributed by atoms with van der Waals surface area (Å²) in [5, 5.41) is 12.9. The van der Waals surface area contributed by atoms with Gasteiger partial charge in [-0.1, -0.05) is 54.6 Å². The first kappa shape index (κ1) is 45.9. The second-order valence-electron chi connectivity index (χ2n) is 16.1. The smallest absolute Gasteiger partial charge is 0.245 e. The molecule has 4 N–H and O–H groups in total. The van der Waals surface area contributed by atoms with Crippen LogP contribution in [0.3, 0.4) is 0 Å². The predicted molar refractivity (Wildman–Crippen MR) is 238 cm³/mol. The molecule has 0 spiro atoms. The Balaban J connectivity index is 0.00000612. The lowest BCUT2D eigenvalue weighted by atomic mass is 9.97. The Hall–Kier alpha value is -6.09. The van der Waals surface area contributed by atoms with Gasteiger partial charge in [0, 0.05) is 25.1 Å². The van der Waals surface area contributed by atoms with Gasteiger partial charge in [-0.2, -0.15) is 4.31 Å². The van der Waals surface area contributed by atoms with E-state index in [1.54, 1.807) is 106 Å². The molecule has 8 rings (SSSR count). The van der Waals surface area contributed by atoms with Crippen LogP contribution in [0.5, 0.6) is 17.2 Å². The third kappa shape index (κ3) is 9.54. The number of benzene rings is 5. The molecule has 0 amide bonds. The molecule has 0 radical (unpaired) electrons. The van der Waals surface area contributed by atoms with Crippen molar-refractivity contribution in [3.05, 3.63) is 120 Å². The molecular weight excluding hydrogens is 880 g/mol. The van der Waals surface area contributed by atoms with Crippen LogP contribution in [0.25, 0.3) is 33.5 Å². The number of nitrogens with zero attached hydrogens (tertiary/aromatic N) is 7. The standard InChI is InChI=1S/C44H49N10O7S2.ClH/c1-54(2)24-23-32(28-54)49-62(55,56)39-22-21-36(37-7-6-8-38-41(37)47-44(45)46-38)40(43-48-50-51-53(43)27-31-13-19-35(61-5)20-14-31)42(39)63(57,58)52(25-29-9-15-33(59-3)16-10-29)26-30-11-17-34(60-4)18-12-30;/h6-22,32,49H,23-28H2,1-5H3,(H3,45,46,47);1H/q+1;/p-1/t32-;/m1./s1. The summed E-state index contributed by atoms with van der Waals surface area (Å²) in [5.74, 6) is 1.96. The number of nitrogens with one attached hydrogen (secondary N) is 2. The van der Waals surface area contributed by atoms with E-state index in [0.29, 0.717) is 68.0 Å². The first-order valence-corrected chi connectivity index (χ1v) is 23.0. The van der Waals surface area contributed by atoms with Crippen molar-refractivity contribution in [1.82, 2.24) is 39.2 Å². The van der Waals surface area contributed by atoms with E-state index >= 15 is 16.8 Å². The first-order valence-electron chi connectivity index (χ1n) is 20.1. The van der Waals surface area contributed by atoms with Crippen LogP contribution in [0.1, 0.15) is 23.1 Å². The molecule has 20 heteroatoms. The number of anilines is 1. The Kier molecular flexibility index (Phi) is 13.3. The molecule has 7 aromatic rings. The molecule has 5 aromatic carbocycles. The minimum atomic E-state index is -4.86. The normalized spacial score (nSPS) is 15.0. The van der Waals surface area contributed by atoms with Gasteiger partial charge >= 0.3 is 0 Å². The molecule has 1 fully saturated rings. The number of aromatic amines is 1. The van der Waals surface area contributed by atoms with Crippen LogP contribution in [0.4, 0.5) is 5.95 Å². The predicted octanol–water partition coefficient (Wildman–Crippen LogP) is 2.06. The number of hydrogen-bond acceptors (Lipinski definition) is 12. The highest BCUT2D eigenvalue weighted by Crippen LogP contribution is 2.44. The number of nitrogen functional groups attached to an aromatic ring is 1. The van der Waals surface area contributed by atoms with Crippen LogP contribution in [0, 0.1) is 0 Å². The van der Waals surface area contributed by atoms with Crippen LogP contribution >= 0.6 is 0 Å². The fourth-order valence-corrected chi connectivity index (χ4v) is 11.7. The summed E-state index contributed by atoms with van der Waals surface area (Å²) in [4.78, 5) is 6.67. The molecule has 64 heavy (non-hydrogen) atoms. The topological polar surface area (TPSA) is 210 Å². The monoisotopic (exact) mass is 928 g/mol. The Morgan fingerprint density at radius 3 is 1.92 bits per heavy atom. The van der Waals surface area contributed by atoms with E-state index in [1.807, 2.05) is 26.2 Å². The van der Waals surface area contributed by atoms with Crippen LogP contribution in [0.15, 0.2) is 113 Å². The number of rotatable bonds is 16. The van der Waals surface area contributed by atoms with Gasteiger partial charge in [0.15, 0.2) is 11.8 Å². The summed E-state index contributed by atoms with van der Waals surface area (Å²) in [5.41, 5.74) is 9.95. The Morgan fingerprint density at radius 2 is 1.38 bits per heavy atom. The number of nitrogens with two attached hydrogens (primary N) is 1. The van der Waals surface area contributed by atoms with Gasteiger partial charge in [0.2, 0.25) is 20.0 Å². The number of H-pyrrole nitrogens is 1. The molecule has 17 nitrogen and oxygen atoms in total. The molecule has 3 heterocycles. The number of aromatic nitrogens is 6. The largest absolute Gasteiger partial charge is 1.00 e. The summed E-state index contributed by atoms with van der Waals surface area (Å²) in [7, 11) is -0.714. The zero-order valence-electron chi connectivity index (χ0n) is 35.9. The maximum Gasteiger partial charge on any atom is 0.245 e. The zero-order chi connectivity index (χ0) is 44.5. The van der Waals surface area contributed by atoms with Crippen molar-refractivity contribution in [3.63, 3.8) is 0 Å². The van der Waals surface area contributed by atoms with Crippen molar-refractivity contribution in [2.75, 3.05) is 54.2 Å². The number of tetrazole rings is 1. The van der Waals surface area contributed by atoms with Gasteiger partial charge in [0.05, 0.1) is 77.7 Å². The van der Waals surface area contributed by atoms with Gasteiger partial charge in [0.25, 0.3) is 0 Å². The van der Waals surface area contributed by atoms with Crippen molar-refractivity contribution in [1.29, 1.82) is 0 Å². The average Bonchev–Trinajstić information content (AvgIpc) is 4.00.